The number of benzene rings is 1. The molecule has 6 nitrogen and oxygen atoms in total. The van der Waals surface area contributed by atoms with E-state index in [0.29, 0.717) is 6.01 Å². The van der Waals surface area contributed by atoms with E-state index in [4.69, 9.17) is 4.74 Å². The van der Waals surface area contributed by atoms with Crippen LogP contribution >= 0.6 is 0 Å². The first-order valence-electron chi connectivity index (χ1n) is 9.62. The van der Waals surface area contributed by atoms with Gasteiger partial charge in [0.1, 0.15) is 0 Å². The molecule has 0 aliphatic rings. The first-order valence-corrected chi connectivity index (χ1v) is 9.62. The van der Waals surface area contributed by atoms with Crippen LogP contribution in [0.1, 0.15) is 23.9 Å². The molecule has 0 N–H and O–H groups in total. The standard InChI is InChI=1S/C23H23N5O/c1-4-21-20(13-24-23(25-21)29-3)22-12-19(16(2)26-27-22)18-10-11-28(15-18)14-17-8-6-5-7-9-17/h5-13,15H,4,14H2,1-3H3. The Morgan fingerprint density at radius 1 is 1.03 bits per heavy atom. The Morgan fingerprint density at radius 3 is 2.62 bits per heavy atom. The van der Waals surface area contributed by atoms with Crippen molar-refractivity contribution in [1.82, 2.24) is 24.7 Å². The molecule has 0 amide bonds. The Morgan fingerprint density at radius 2 is 1.86 bits per heavy atom. The van der Waals surface area contributed by atoms with E-state index in [9.17, 15) is 0 Å². The van der Waals surface area contributed by atoms with Crippen LogP contribution in [0.15, 0.2) is 61.1 Å². The van der Waals surface area contributed by atoms with Crippen LogP contribution in [-0.2, 0) is 13.0 Å². The lowest BCUT2D eigenvalue weighted by Crippen LogP contribution is -2.01. The molecule has 0 spiro atoms. The normalized spacial score (nSPS) is 10.9. The SMILES string of the molecule is CCc1nc(OC)ncc1-c1cc(-c2ccn(Cc3ccccc3)c2)c(C)nn1. The first kappa shape index (κ1) is 18.8. The van der Waals surface area contributed by atoms with Gasteiger partial charge in [-0.05, 0) is 31.0 Å². The van der Waals surface area contributed by atoms with Gasteiger partial charge < -0.3 is 9.30 Å². The van der Waals surface area contributed by atoms with Gasteiger partial charge in [0.2, 0.25) is 0 Å². The van der Waals surface area contributed by atoms with Gasteiger partial charge in [-0.25, -0.2) is 4.98 Å². The first-order chi connectivity index (χ1) is 14.2. The highest BCUT2D eigenvalue weighted by molar-refractivity contribution is 5.72. The fraction of sp³-hybridized carbons (Fsp3) is 0.217. The molecule has 3 aromatic heterocycles. The maximum Gasteiger partial charge on any atom is 0.316 e. The molecular weight excluding hydrogens is 362 g/mol. The van der Waals surface area contributed by atoms with Crippen LogP contribution in [0.2, 0.25) is 0 Å². The molecule has 4 aromatic rings. The summed E-state index contributed by atoms with van der Waals surface area (Å²) in [6.07, 6.45) is 6.75. The Hall–Kier alpha value is -3.54. The van der Waals surface area contributed by atoms with Crippen molar-refractivity contribution in [2.24, 2.45) is 0 Å². The molecule has 0 saturated heterocycles. The summed E-state index contributed by atoms with van der Waals surface area (Å²) in [5, 5.41) is 8.79. The highest BCUT2D eigenvalue weighted by Gasteiger charge is 2.14. The van der Waals surface area contributed by atoms with E-state index in [-0.39, 0.29) is 0 Å². The summed E-state index contributed by atoms with van der Waals surface area (Å²) >= 11 is 0. The van der Waals surface area contributed by atoms with Gasteiger partial charge in [-0.1, -0.05) is 37.3 Å². The molecule has 0 unspecified atom stereocenters. The summed E-state index contributed by atoms with van der Waals surface area (Å²) in [4.78, 5) is 8.71. The maximum atomic E-state index is 5.15. The van der Waals surface area contributed by atoms with Crippen LogP contribution < -0.4 is 4.74 Å². The molecule has 0 aliphatic heterocycles. The van der Waals surface area contributed by atoms with Gasteiger partial charge in [0, 0.05) is 41.8 Å². The highest BCUT2D eigenvalue weighted by Crippen LogP contribution is 2.28. The van der Waals surface area contributed by atoms with Crippen LogP contribution in [0.5, 0.6) is 6.01 Å². The van der Waals surface area contributed by atoms with Gasteiger partial charge in [0.15, 0.2) is 0 Å². The zero-order chi connectivity index (χ0) is 20.2. The van der Waals surface area contributed by atoms with E-state index in [1.807, 2.05) is 13.0 Å². The number of nitrogens with zero attached hydrogens (tertiary/aromatic N) is 5. The van der Waals surface area contributed by atoms with Crippen molar-refractivity contribution in [3.8, 4) is 28.4 Å². The second-order valence-corrected chi connectivity index (χ2v) is 6.86. The zero-order valence-corrected chi connectivity index (χ0v) is 16.8. The van der Waals surface area contributed by atoms with Gasteiger partial charge in [-0.3, -0.25) is 0 Å². The summed E-state index contributed by atoms with van der Waals surface area (Å²) < 4.78 is 7.33. The lowest BCUT2D eigenvalue weighted by atomic mass is 10.0. The third kappa shape index (κ3) is 4.01. The predicted octanol–water partition coefficient (Wildman–Crippen LogP) is 4.33. The molecule has 3 heterocycles. The summed E-state index contributed by atoms with van der Waals surface area (Å²) in [6.45, 7) is 4.86. The summed E-state index contributed by atoms with van der Waals surface area (Å²) in [5.41, 5.74) is 6.86. The number of ether oxygens (including phenoxy) is 1. The van der Waals surface area contributed by atoms with Crippen molar-refractivity contribution < 1.29 is 4.74 Å². The van der Waals surface area contributed by atoms with Crippen molar-refractivity contribution in [3.63, 3.8) is 0 Å². The maximum absolute atomic E-state index is 5.15. The van der Waals surface area contributed by atoms with Crippen molar-refractivity contribution >= 4 is 0 Å². The molecule has 4 rings (SSSR count). The minimum Gasteiger partial charge on any atom is -0.467 e. The molecule has 0 atom stereocenters. The lowest BCUT2D eigenvalue weighted by Gasteiger charge is -2.09. The number of methoxy groups -OCH3 is 1. The molecule has 0 radical (unpaired) electrons. The van der Waals surface area contributed by atoms with E-state index in [2.05, 4.69) is 80.4 Å². The molecule has 0 saturated carbocycles. The molecule has 146 valence electrons. The Balaban J connectivity index is 1.68. The van der Waals surface area contributed by atoms with Crippen LogP contribution in [0.4, 0.5) is 0 Å². The Labute approximate surface area is 170 Å². The summed E-state index contributed by atoms with van der Waals surface area (Å²) in [7, 11) is 1.57. The summed E-state index contributed by atoms with van der Waals surface area (Å²) in [6, 6.07) is 15.0. The quantitative estimate of drug-likeness (QED) is 0.494. The second kappa shape index (κ2) is 8.22. The molecule has 6 heteroatoms. The van der Waals surface area contributed by atoms with Crippen molar-refractivity contribution in [2.45, 2.75) is 26.8 Å². The highest BCUT2D eigenvalue weighted by atomic mass is 16.5. The van der Waals surface area contributed by atoms with Crippen molar-refractivity contribution in [1.29, 1.82) is 0 Å². The van der Waals surface area contributed by atoms with Crippen molar-refractivity contribution in [2.75, 3.05) is 7.11 Å². The number of hydrogen-bond donors (Lipinski definition) is 0. The van der Waals surface area contributed by atoms with E-state index in [1.165, 1.54) is 5.56 Å². The average Bonchev–Trinajstić information content (AvgIpc) is 3.22. The van der Waals surface area contributed by atoms with Gasteiger partial charge in [-0.2, -0.15) is 15.2 Å². The Kier molecular flexibility index (Phi) is 5.33. The van der Waals surface area contributed by atoms with E-state index in [0.717, 1.165) is 46.7 Å². The van der Waals surface area contributed by atoms with Crippen molar-refractivity contribution in [3.05, 3.63) is 78.0 Å². The number of aromatic nitrogens is 5. The van der Waals surface area contributed by atoms with E-state index in [1.54, 1.807) is 13.3 Å². The fourth-order valence-electron chi connectivity index (χ4n) is 3.35. The summed E-state index contributed by atoms with van der Waals surface area (Å²) in [5.74, 6) is 0. The van der Waals surface area contributed by atoms with Crippen LogP contribution in [0.25, 0.3) is 22.4 Å². The molecule has 0 bridgehead atoms. The average molecular weight is 385 g/mol. The van der Waals surface area contributed by atoms with Gasteiger partial charge in [-0.15, -0.1) is 0 Å². The topological polar surface area (TPSA) is 65.7 Å². The van der Waals surface area contributed by atoms with Gasteiger partial charge in [0.05, 0.1) is 24.2 Å². The minimum absolute atomic E-state index is 0.365. The third-order valence-corrected chi connectivity index (χ3v) is 4.89. The lowest BCUT2D eigenvalue weighted by molar-refractivity contribution is 0.378. The third-order valence-electron chi connectivity index (χ3n) is 4.89. The number of hydrogen-bond acceptors (Lipinski definition) is 5. The van der Waals surface area contributed by atoms with Crippen LogP contribution in [0.3, 0.4) is 0 Å². The zero-order valence-electron chi connectivity index (χ0n) is 16.8. The van der Waals surface area contributed by atoms with Crippen LogP contribution in [-0.4, -0.2) is 31.8 Å². The van der Waals surface area contributed by atoms with Gasteiger partial charge >= 0.3 is 6.01 Å². The minimum atomic E-state index is 0.365. The molecule has 1 aromatic carbocycles. The van der Waals surface area contributed by atoms with E-state index < -0.39 is 0 Å². The smallest absolute Gasteiger partial charge is 0.316 e. The largest absolute Gasteiger partial charge is 0.467 e. The number of aryl methyl sites for hydroxylation is 2. The van der Waals surface area contributed by atoms with Gasteiger partial charge in [0.25, 0.3) is 0 Å². The molecule has 29 heavy (non-hydrogen) atoms. The predicted molar refractivity (Wildman–Crippen MR) is 113 cm³/mol. The van der Waals surface area contributed by atoms with E-state index >= 15 is 0 Å². The molecule has 0 aliphatic carbocycles. The Bertz CT molecular complexity index is 1120. The number of rotatable bonds is 6. The van der Waals surface area contributed by atoms with Crippen LogP contribution in [0, 0.1) is 6.92 Å². The molecular formula is C23H23N5O. The second-order valence-electron chi connectivity index (χ2n) is 6.86. The fourth-order valence-corrected chi connectivity index (χ4v) is 3.35. The monoisotopic (exact) mass is 385 g/mol. The molecule has 0 fully saturated rings.